The number of rotatable bonds is 1. The maximum atomic E-state index is 3.56. The summed E-state index contributed by atoms with van der Waals surface area (Å²) in [6.45, 7) is 2.31. The summed E-state index contributed by atoms with van der Waals surface area (Å²) in [6, 6.07) is 8.53. The molecule has 0 bridgehead atoms. The Balaban J connectivity index is 2.31. The Kier molecular flexibility index (Phi) is 1.76. The van der Waals surface area contributed by atoms with Gasteiger partial charge in [-0.3, -0.25) is 0 Å². The van der Waals surface area contributed by atoms with Gasteiger partial charge in [0, 0.05) is 4.47 Å². The fraction of sp³-hybridized carbons (Fsp3) is 0.400. The van der Waals surface area contributed by atoms with Crippen LogP contribution in [0.3, 0.4) is 0 Å². The Morgan fingerprint density at radius 1 is 1.36 bits per heavy atom. The summed E-state index contributed by atoms with van der Waals surface area (Å²) in [7, 11) is 0. The molecule has 2 rings (SSSR count). The predicted molar refractivity (Wildman–Crippen MR) is 50.7 cm³/mol. The normalized spacial score (nSPS) is 28.5. The van der Waals surface area contributed by atoms with Gasteiger partial charge in [0.1, 0.15) is 0 Å². The molecule has 0 aromatic heterocycles. The Hall–Kier alpha value is -0.300. The van der Waals surface area contributed by atoms with E-state index in [4.69, 9.17) is 0 Å². The number of hydrogen-bond donors (Lipinski definition) is 0. The van der Waals surface area contributed by atoms with E-state index in [2.05, 4.69) is 47.1 Å². The summed E-state index contributed by atoms with van der Waals surface area (Å²) in [5.74, 6) is 1.72. The third-order valence-electron chi connectivity index (χ3n) is 2.41. The Bertz CT molecular complexity index is 267. The van der Waals surface area contributed by atoms with E-state index in [1.165, 1.54) is 16.5 Å². The van der Waals surface area contributed by atoms with Gasteiger partial charge in [0.25, 0.3) is 0 Å². The van der Waals surface area contributed by atoms with Crippen molar-refractivity contribution in [2.24, 2.45) is 5.92 Å². The molecule has 1 aromatic rings. The molecule has 1 heteroatoms. The summed E-state index contributed by atoms with van der Waals surface area (Å²) >= 11 is 3.56. The molecule has 1 fully saturated rings. The van der Waals surface area contributed by atoms with E-state index in [9.17, 15) is 0 Å². The van der Waals surface area contributed by atoms with E-state index in [1.807, 2.05) is 0 Å². The molecule has 58 valence electrons. The highest BCUT2D eigenvalue weighted by molar-refractivity contribution is 9.10. The molecule has 0 saturated heterocycles. The number of hydrogen-bond acceptors (Lipinski definition) is 0. The highest BCUT2D eigenvalue weighted by atomic mass is 79.9. The number of halogens is 1. The second-order valence-electron chi connectivity index (χ2n) is 3.34. The second-order valence-corrected chi connectivity index (χ2v) is 4.20. The van der Waals surface area contributed by atoms with Gasteiger partial charge in [-0.1, -0.05) is 41.1 Å². The lowest BCUT2D eigenvalue weighted by Crippen LogP contribution is -1.81. The summed E-state index contributed by atoms with van der Waals surface area (Å²) in [5, 5.41) is 0. The quantitative estimate of drug-likeness (QED) is 0.666. The largest absolute Gasteiger partial charge is 0.0619 e. The van der Waals surface area contributed by atoms with Crippen molar-refractivity contribution in [3.63, 3.8) is 0 Å². The van der Waals surface area contributed by atoms with Crippen molar-refractivity contribution < 1.29 is 0 Å². The van der Waals surface area contributed by atoms with Crippen LogP contribution in [0.1, 0.15) is 24.8 Å². The van der Waals surface area contributed by atoms with Crippen LogP contribution >= 0.6 is 15.9 Å². The van der Waals surface area contributed by atoms with Crippen LogP contribution in [0.5, 0.6) is 0 Å². The fourth-order valence-electron chi connectivity index (χ4n) is 1.53. The van der Waals surface area contributed by atoms with E-state index in [0.717, 1.165) is 11.8 Å². The molecule has 1 aromatic carbocycles. The first-order chi connectivity index (χ1) is 5.29. The van der Waals surface area contributed by atoms with Gasteiger partial charge in [0.2, 0.25) is 0 Å². The van der Waals surface area contributed by atoms with E-state index >= 15 is 0 Å². The fourth-order valence-corrected chi connectivity index (χ4v) is 2.11. The van der Waals surface area contributed by atoms with Crippen LogP contribution in [0.2, 0.25) is 0 Å². The van der Waals surface area contributed by atoms with Crippen LogP contribution in [0, 0.1) is 5.92 Å². The zero-order valence-corrected chi connectivity index (χ0v) is 8.14. The van der Waals surface area contributed by atoms with Crippen LogP contribution in [0.15, 0.2) is 28.7 Å². The first-order valence-electron chi connectivity index (χ1n) is 4.03. The molecule has 0 spiro atoms. The van der Waals surface area contributed by atoms with Crippen LogP contribution in [-0.4, -0.2) is 0 Å². The van der Waals surface area contributed by atoms with Gasteiger partial charge < -0.3 is 0 Å². The minimum atomic E-state index is 0.825. The van der Waals surface area contributed by atoms with Crippen LogP contribution in [0.25, 0.3) is 0 Å². The van der Waals surface area contributed by atoms with Crippen molar-refractivity contribution in [3.8, 4) is 0 Å². The molecule has 11 heavy (non-hydrogen) atoms. The molecular formula is C10H11Br. The molecule has 2 unspecified atom stereocenters. The van der Waals surface area contributed by atoms with Crippen molar-refractivity contribution in [1.82, 2.24) is 0 Å². The molecule has 0 nitrogen and oxygen atoms in total. The maximum Gasteiger partial charge on any atom is 0.0210 e. The molecule has 1 aliphatic rings. The van der Waals surface area contributed by atoms with Crippen molar-refractivity contribution in [2.75, 3.05) is 0 Å². The second kappa shape index (κ2) is 2.63. The summed E-state index contributed by atoms with van der Waals surface area (Å²) in [5.41, 5.74) is 1.49. The third kappa shape index (κ3) is 1.34. The van der Waals surface area contributed by atoms with E-state index in [-0.39, 0.29) is 0 Å². The van der Waals surface area contributed by atoms with Gasteiger partial charge in [0.15, 0.2) is 0 Å². The van der Waals surface area contributed by atoms with Crippen molar-refractivity contribution in [1.29, 1.82) is 0 Å². The van der Waals surface area contributed by atoms with Crippen LogP contribution in [0.4, 0.5) is 0 Å². The lowest BCUT2D eigenvalue weighted by molar-refractivity contribution is 0.911. The Morgan fingerprint density at radius 3 is 2.55 bits per heavy atom. The van der Waals surface area contributed by atoms with E-state index in [1.54, 1.807) is 0 Å². The summed E-state index contributed by atoms with van der Waals surface area (Å²) < 4.78 is 1.27. The minimum Gasteiger partial charge on any atom is -0.0619 e. The predicted octanol–water partition coefficient (Wildman–Crippen LogP) is 3.57. The van der Waals surface area contributed by atoms with Gasteiger partial charge in [-0.15, -0.1) is 0 Å². The Morgan fingerprint density at radius 2 is 2.00 bits per heavy atom. The average molecular weight is 211 g/mol. The third-order valence-corrected chi connectivity index (χ3v) is 3.14. The molecule has 0 amide bonds. The molecule has 2 atom stereocenters. The van der Waals surface area contributed by atoms with Crippen molar-refractivity contribution in [2.45, 2.75) is 19.3 Å². The van der Waals surface area contributed by atoms with Gasteiger partial charge >= 0.3 is 0 Å². The average Bonchev–Trinajstić information content (AvgIpc) is 2.68. The van der Waals surface area contributed by atoms with Crippen LogP contribution < -0.4 is 0 Å². The number of benzene rings is 1. The SMILES string of the molecule is CC1CC1c1ccccc1Br. The zero-order chi connectivity index (χ0) is 7.84. The first-order valence-corrected chi connectivity index (χ1v) is 4.83. The molecule has 0 radical (unpaired) electrons. The van der Waals surface area contributed by atoms with Crippen molar-refractivity contribution >= 4 is 15.9 Å². The molecule has 1 saturated carbocycles. The monoisotopic (exact) mass is 210 g/mol. The maximum absolute atomic E-state index is 3.56. The summed E-state index contributed by atoms with van der Waals surface area (Å²) in [6.07, 6.45) is 1.36. The lowest BCUT2D eigenvalue weighted by atomic mass is 10.1. The molecule has 0 aliphatic heterocycles. The lowest BCUT2D eigenvalue weighted by Gasteiger charge is -2.00. The summed E-state index contributed by atoms with van der Waals surface area (Å²) in [4.78, 5) is 0. The molecular weight excluding hydrogens is 200 g/mol. The molecule has 0 N–H and O–H groups in total. The van der Waals surface area contributed by atoms with E-state index < -0.39 is 0 Å². The minimum absolute atomic E-state index is 0.825. The van der Waals surface area contributed by atoms with Gasteiger partial charge in [-0.2, -0.15) is 0 Å². The molecule has 1 aliphatic carbocycles. The van der Waals surface area contributed by atoms with Gasteiger partial charge in [-0.05, 0) is 29.9 Å². The van der Waals surface area contributed by atoms with Gasteiger partial charge in [0.05, 0.1) is 0 Å². The van der Waals surface area contributed by atoms with Gasteiger partial charge in [-0.25, -0.2) is 0 Å². The van der Waals surface area contributed by atoms with E-state index in [0.29, 0.717) is 0 Å². The Labute approximate surface area is 75.8 Å². The topological polar surface area (TPSA) is 0 Å². The first kappa shape index (κ1) is 7.35. The standard InChI is InChI=1S/C10H11Br/c1-7-6-9(7)8-4-2-3-5-10(8)11/h2-5,7,9H,6H2,1H3. The highest BCUT2D eigenvalue weighted by Crippen LogP contribution is 2.48. The molecule has 0 heterocycles. The van der Waals surface area contributed by atoms with Crippen LogP contribution in [-0.2, 0) is 0 Å². The smallest absolute Gasteiger partial charge is 0.0210 e. The van der Waals surface area contributed by atoms with Crippen molar-refractivity contribution in [3.05, 3.63) is 34.3 Å². The zero-order valence-electron chi connectivity index (χ0n) is 6.55. The highest BCUT2D eigenvalue weighted by Gasteiger charge is 2.34.